The van der Waals surface area contributed by atoms with E-state index in [2.05, 4.69) is 21.2 Å². The van der Waals surface area contributed by atoms with E-state index in [1.54, 1.807) is 6.07 Å². The van der Waals surface area contributed by atoms with Gasteiger partial charge in [0.15, 0.2) is 5.82 Å². The summed E-state index contributed by atoms with van der Waals surface area (Å²) >= 11 is 8.79. The molecule has 0 aliphatic heterocycles. The van der Waals surface area contributed by atoms with Crippen molar-refractivity contribution in [3.8, 4) is 0 Å². The fraction of sp³-hybridized carbons (Fsp3) is 0. The van der Waals surface area contributed by atoms with Crippen molar-refractivity contribution in [2.45, 2.75) is 0 Å². The number of hydrogen-bond acceptors (Lipinski definition) is 2. The number of carbonyl (C=O) groups is 1. The van der Waals surface area contributed by atoms with Crippen LogP contribution in [0.25, 0.3) is 0 Å². The molecule has 20 heavy (non-hydrogen) atoms. The lowest BCUT2D eigenvalue weighted by molar-refractivity contribution is 0.102. The standard InChI is InChI=1S/C13H8BrClF2N2O/c14-8-4-6(16)5-10(17)12(8)19-13(20)7-2-1-3-9(15)11(7)18/h1-5H,18H2,(H,19,20). The van der Waals surface area contributed by atoms with E-state index in [4.69, 9.17) is 17.3 Å². The van der Waals surface area contributed by atoms with Crippen molar-refractivity contribution in [1.29, 1.82) is 0 Å². The quantitative estimate of drug-likeness (QED) is 0.787. The van der Waals surface area contributed by atoms with Gasteiger partial charge in [0, 0.05) is 10.5 Å². The number of anilines is 2. The van der Waals surface area contributed by atoms with Crippen LogP contribution in [-0.2, 0) is 0 Å². The lowest BCUT2D eigenvalue weighted by Gasteiger charge is -2.11. The van der Waals surface area contributed by atoms with E-state index in [-0.39, 0.29) is 26.4 Å². The lowest BCUT2D eigenvalue weighted by Crippen LogP contribution is -2.15. The van der Waals surface area contributed by atoms with Crippen LogP contribution in [0.3, 0.4) is 0 Å². The maximum atomic E-state index is 13.6. The maximum Gasteiger partial charge on any atom is 0.257 e. The molecule has 0 aromatic heterocycles. The maximum absolute atomic E-state index is 13.6. The van der Waals surface area contributed by atoms with E-state index < -0.39 is 17.5 Å². The van der Waals surface area contributed by atoms with Gasteiger partial charge in [0.1, 0.15) is 5.82 Å². The molecule has 3 nitrogen and oxygen atoms in total. The fourth-order valence-corrected chi connectivity index (χ4v) is 2.26. The molecular formula is C13H8BrClF2N2O. The van der Waals surface area contributed by atoms with E-state index in [0.29, 0.717) is 6.07 Å². The Balaban J connectivity index is 2.36. The molecular weight excluding hydrogens is 354 g/mol. The van der Waals surface area contributed by atoms with Crippen LogP contribution in [0.1, 0.15) is 10.4 Å². The van der Waals surface area contributed by atoms with Crippen molar-refractivity contribution in [3.05, 3.63) is 57.0 Å². The molecule has 0 aliphatic rings. The molecule has 0 aliphatic carbocycles. The van der Waals surface area contributed by atoms with Gasteiger partial charge in [0.2, 0.25) is 0 Å². The summed E-state index contributed by atoms with van der Waals surface area (Å²) in [6.45, 7) is 0. The zero-order valence-corrected chi connectivity index (χ0v) is 12.2. The monoisotopic (exact) mass is 360 g/mol. The van der Waals surface area contributed by atoms with Gasteiger partial charge in [0.05, 0.1) is 22.0 Å². The molecule has 2 aromatic rings. The molecule has 0 atom stereocenters. The summed E-state index contributed by atoms with van der Waals surface area (Å²) in [6, 6.07) is 6.24. The van der Waals surface area contributed by atoms with E-state index >= 15 is 0 Å². The molecule has 0 unspecified atom stereocenters. The Kier molecular flexibility index (Phi) is 4.25. The number of benzene rings is 2. The number of hydrogen-bond donors (Lipinski definition) is 2. The SMILES string of the molecule is Nc1c(Cl)cccc1C(=O)Nc1c(F)cc(F)cc1Br. The second-order valence-corrected chi connectivity index (χ2v) is 5.16. The number of rotatable bonds is 2. The van der Waals surface area contributed by atoms with Crippen molar-refractivity contribution in [3.63, 3.8) is 0 Å². The molecule has 3 N–H and O–H groups in total. The van der Waals surface area contributed by atoms with E-state index in [9.17, 15) is 13.6 Å². The molecule has 0 saturated heterocycles. The average molecular weight is 362 g/mol. The molecule has 0 heterocycles. The van der Waals surface area contributed by atoms with Crippen LogP contribution in [0, 0.1) is 11.6 Å². The normalized spacial score (nSPS) is 10.4. The smallest absolute Gasteiger partial charge is 0.257 e. The summed E-state index contributed by atoms with van der Waals surface area (Å²) in [4.78, 5) is 12.0. The predicted molar refractivity (Wildman–Crippen MR) is 77.9 cm³/mol. The van der Waals surface area contributed by atoms with Crippen LogP contribution in [0.4, 0.5) is 20.2 Å². The van der Waals surface area contributed by atoms with E-state index in [0.717, 1.165) is 6.07 Å². The summed E-state index contributed by atoms with van der Waals surface area (Å²) in [7, 11) is 0. The molecule has 0 saturated carbocycles. The van der Waals surface area contributed by atoms with Crippen LogP contribution in [0.5, 0.6) is 0 Å². The van der Waals surface area contributed by atoms with Crippen LogP contribution >= 0.6 is 27.5 Å². The molecule has 0 spiro atoms. The number of halogens is 4. The lowest BCUT2D eigenvalue weighted by atomic mass is 10.1. The number of para-hydroxylation sites is 1. The van der Waals surface area contributed by atoms with Crippen molar-refractivity contribution >= 4 is 44.8 Å². The molecule has 2 aromatic carbocycles. The Labute approximate surface area is 126 Å². The first kappa shape index (κ1) is 14.7. The van der Waals surface area contributed by atoms with Crippen molar-refractivity contribution in [2.24, 2.45) is 0 Å². The zero-order chi connectivity index (χ0) is 14.9. The molecule has 0 bridgehead atoms. The summed E-state index contributed by atoms with van der Waals surface area (Å²) in [5, 5.41) is 2.54. The third kappa shape index (κ3) is 2.91. The van der Waals surface area contributed by atoms with Gasteiger partial charge < -0.3 is 11.1 Å². The molecule has 2 rings (SSSR count). The first-order valence-corrected chi connectivity index (χ1v) is 6.57. The van der Waals surface area contributed by atoms with E-state index in [1.165, 1.54) is 12.1 Å². The zero-order valence-electron chi connectivity index (χ0n) is 9.88. The largest absolute Gasteiger partial charge is 0.397 e. The molecule has 7 heteroatoms. The van der Waals surface area contributed by atoms with Crippen LogP contribution in [-0.4, -0.2) is 5.91 Å². The van der Waals surface area contributed by atoms with Crippen molar-refractivity contribution in [2.75, 3.05) is 11.1 Å². The minimum Gasteiger partial charge on any atom is -0.397 e. The van der Waals surface area contributed by atoms with Gasteiger partial charge >= 0.3 is 0 Å². The average Bonchev–Trinajstić information content (AvgIpc) is 2.36. The number of nitrogen functional groups attached to an aromatic ring is 1. The third-order valence-electron chi connectivity index (χ3n) is 2.54. The first-order valence-electron chi connectivity index (χ1n) is 5.40. The predicted octanol–water partition coefficient (Wildman–Crippen LogP) is 4.22. The fourth-order valence-electron chi connectivity index (χ4n) is 1.58. The first-order chi connectivity index (χ1) is 9.40. The Morgan fingerprint density at radius 1 is 1.30 bits per heavy atom. The Morgan fingerprint density at radius 2 is 2.00 bits per heavy atom. The molecule has 0 radical (unpaired) electrons. The summed E-state index contributed by atoms with van der Waals surface area (Å²) in [5.41, 5.74) is 5.70. The highest BCUT2D eigenvalue weighted by molar-refractivity contribution is 9.10. The van der Waals surface area contributed by atoms with Gasteiger partial charge in [-0.25, -0.2) is 8.78 Å². The van der Waals surface area contributed by atoms with Crippen LogP contribution < -0.4 is 11.1 Å². The van der Waals surface area contributed by atoms with Gasteiger partial charge in [-0.15, -0.1) is 0 Å². The number of nitrogens with two attached hydrogens (primary N) is 1. The van der Waals surface area contributed by atoms with Crippen LogP contribution in [0.15, 0.2) is 34.8 Å². The molecule has 1 amide bonds. The number of carbonyl (C=O) groups excluding carboxylic acids is 1. The molecule has 0 fully saturated rings. The number of nitrogens with one attached hydrogen (secondary N) is 1. The van der Waals surface area contributed by atoms with Gasteiger partial charge in [-0.3, -0.25) is 4.79 Å². The van der Waals surface area contributed by atoms with Gasteiger partial charge in [0.25, 0.3) is 5.91 Å². The second-order valence-electron chi connectivity index (χ2n) is 3.90. The van der Waals surface area contributed by atoms with Gasteiger partial charge in [-0.1, -0.05) is 17.7 Å². The number of amides is 1. The summed E-state index contributed by atoms with van der Waals surface area (Å²) in [6.07, 6.45) is 0. The second kappa shape index (κ2) is 5.76. The minimum atomic E-state index is -0.897. The summed E-state index contributed by atoms with van der Waals surface area (Å²) in [5.74, 6) is -2.29. The van der Waals surface area contributed by atoms with Gasteiger partial charge in [-0.2, -0.15) is 0 Å². The third-order valence-corrected chi connectivity index (χ3v) is 3.50. The van der Waals surface area contributed by atoms with Gasteiger partial charge in [-0.05, 0) is 34.1 Å². The van der Waals surface area contributed by atoms with E-state index in [1.807, 2.05) is 0 Å². The minimum absolute atomic E-state index is 0.0870. The van der Waals surface area contributed by atoms with Crippen molar-refractivity contribution in [1.82, 2.24) is 0 Å². The Bertz CT molecular complexity index is 671. The van der Waals surface area contributed by atoms with Crippen LogP contribution in [0.2, 0.25) is 5.02 Å². The Morgan fingerprint density at radius 3 is 2.65 bits per heavy atom. The highest BCUT2D eigenvalue weighted by Crippen LogP contribution is 2.29. The summed E-state index contributed by atoms with van der Waals surface area (Å²) < 4.78 is 26.7. The highest BCUT2D eigenvalue weighted by atomic mass is 79.9. The Hall–Kier alpha value is -1.66. The highest BCUT2D eigenvalue weighted by Gasteiger charge is 2.16. The topological polar surface area (TPSA) is 55.1 Å². The molecule has 104 valence electrons. The van der Waals surface area contributed by atoms with Crippen molar-refractivity contribution < 1.29 is 13.6 Å².